The van der Waals surface area contributed by atoms with Gasteiger partial charge in [-0.3, -0.25) is 0 Å². The second-order valence-electron chi connectivity index (χ2n) is 3.81. The minimum absolute atomic E-state index is 0.679. The SMILES string of the molecule is Nc1cccc(S(=O)N2CCCCC2)c1. The van der Waals surface area contributed by atoms with Crippen molar-refractivity contribution >= 4 is 16.7 Å². The van der Waals surface area contributed by atoms with E-state index >= 15 is 0 Å². The van der Waals surface area contributed by atoms with Gasteiger partial charge in [0.15, 0.2) is 0 Å². The summed E-state index contributed by atoms with van der Waals surface area (Å²) in [6.07, 6.45) is 3.55. The maximum absolute atomic E-state index is 12.1. The molecule has 0 saturated carbocycles. The van der Waals surface area contributed by atoms with Crippen molar-refractivity contribution in [3.63, 3.8) is 0 Å². The number of hydrogen-bond donors (Lipinski definition) is 1. The van der Waals surface area contributed by atoms with E-state index in [0.717, 1.165) is 30.8 Å². The van der Waals surface area contributed by atoms with E-state index in [0.29, 0.717) is 5.69 Å². The number of nitrogens with two attached hydrogens (primary N) is 1. The molecule has 0 bridgehead atoms. The molecule has 15 heavy (non-hydrogen) atoms. The fraction of sp³-hybridized carbons (Fsp3) is 0.455. The van der Waals surface area contributed by atoms with Crippen LogP contribution in [0.4, 0.5) is 5.69 Å². The van der Waals surface area contributed by atoms with Gasteiger partial charge in [0, 0.05) is 18.8 Å². The van der Waals surface area contributed by atoms with Crippen molar-refractivity contribution in [3.8, 4) is 0 Å². The molecule has 1 aliphatic rings. The second kappa shape index (κ2) is 4.77. The van der Waals surface area contributed by atoms with Crippen LogP contribution >= 0.6 is 0 Å². The molecule has 0 spiro atoms. The van der Waals surface area contributed by atoms with Crippen molar-refractivity contribution < 1.29 is 4.21 Å². The molecule has 0 aliphatic carbocycles. The molecule has 0 radical (unpaired) electrons. The average Bonchev–Trinajstić information content (AvgIpc) is 2.29. The van der Waals surface area contributed by atoms with Crippen LogP contribution in [0.1, 0.15) is 19.3 Å². The first-order valence-electron chi connectivity index (χ1n) is 5.30. The lowest BCUT2D eigenvalue weighted by Crippen LogP contribution is -2.31. The van der Waals surface area contributed by atoms with Crippen molar-refractivity contribution in [2.75, 3.05) is 18.8 Å². The average molecular weight is 224 g/mol. The van der Waals surface area contributed by atoms with Gasteiger partial charge in [0.25, 0.3) is 0 Å². The molecule has 0 aromatic heterocycles. The van der Waals surface area contributed by atoms with Crippen LogP contribution in [0.3, 0.4) is 0 Å². The molecule has 2 rings (SSSR count). The summed E-state index contributed by atoms with van der Waals surface area (Å²) >= 11 is 0. The third-order valence-electron chi connectivity index (χ3n) is 2.61. The molecule has 1 unspecified atom stereocenters. The quantitative estimate of drug-likeness (QED) is 0.778. The van der Waals surface area contributed by atoms with Crippen LogP contribution in [0.25, 0.3) is 0 Å². The predicted molar refractivity (Wildman–Crippen MR) is 62.7 cm³/mol. The topological polar surface area (TPSA) is 46.3 Å². The van der Waals surface area contributed by atoms with E-state index in [1.807, 2.05) is 22.5 Å². The Balaban J connectivity index is 2.12. The van der Waals surface area contributed by atoms with E-state index in [-0.39, 0.29) is 0 Å². The molecule has 1 aromatic carbocycles. The maximum Gasteiger partial charge on any atom is 0.127 e. The summed E-state index contributed by atoms with van der Waals surface area (Å²) in [7, 11) is -1.03. The zero-order chi connectivity index (χ0) is 10.7. The van der Waals surface area contributed by atoms with Crippen LogP contribution in [0.15, 0.2) is 29.2 Å². The highest BCUT2D eigenvalue weighted by Crippen LogP contribution is 2.18. The second-order valence-corrected chi connectivity index (χ2v) is 5.30. The van der Waals surface area contributed by atoms with E-state index in [4.69, 9.17) is 5.73 Å². The van der Waals surface area contributed by atoms with Gasteiger partial charge in [-0.05, 0) is 31.0 Å². The Morgan fingerprint density at radius 2 is 1.93 bits per heavy atom. The number of hydrogen-bond acceptors (Lipinski definition) is 2. The van der Waals surface area contributed by atoms with Crippen LogP contribution < -0.4 is 5.73 Å². The Morgan fingerprint density at radius 1 is 1.20 bits per heavy atom. The predicted octanol–water partition coefficient (Wildman–Crippen LogP) is 1.78. The molecule has 1 saturated heterocycles. The van der Waals surface area contributed by atoms with Crippen LogP contribution in [0.2, 0.25) is 0 Å². The maximum atomic E-state index is 12.1. The molecule has 4 heteroatoms. The Morgan fingerprint density at radius 3 is 2.60 bits per heavy atom. The number of nitrogen functional groups attached to an aromatic ring is 1. The molecule has 1 atom stereocenters. The first-order valence-corrected chi connectivity index (χ1v) is 6.40. The van der Waals surface area contributed by atoms with Crippen molar-refractivity contribution in [1.29, 1.82) is 0 Å². The molecule has 1 aromatic rings. The Bertz CT molecular complexity index is 361. The summed E-state index contributed by atoms with van der Waals surface area (Å²) in [6, 6.07) is 7.34. The standard InChI is InChI=1S/C11H16N2OS/c12-10-5-4-6-11(9-10)15(14)13-7-2-1-3-8-13/h4-6,9H,1-3,7-8,12H2. The number of piperidine rings is 1. The molecule has 2 N–H and O–H groups in total. The minimum Gasteiger partial charge on any atom is -0.399 e. The minimum atomic E-state index is -1.03. The first kappa shape index (κ1) is 10.6. The van der Waals surface area contributed by atoms with Gasteiger partial charge in [-0.1, -0.05) is 12.5 Å². The molecular weight excluding hydrogens is 208 g/mol. The van der Waals surface area contributed by atoms with Gasteiger partial charge < -0.3 is 5.73 Å². The van der Waals surface area contributed by atoms with Crippen LogP contribution in [0, 0.1) is 0 Å². The molecule has 3 nitrogen and oxygen atoms in total. The zero-order valence-corrected chi connectivity index (χ0v) is 9.50. The highest BCUT2D eigenvalue weighted by atomic mass is 32.2. The van der Waals surface area contributed by atoms with Gasteiger partial charge >= 0.3 is 0 Å². The summed E-state index contributed by atoms with van der Waals surface area (Å²) in [5.41, 5.74) is 6.35. The van der Waals surface area contributed by atoms with Gasteiger partial charge in [-0.15, -0.1) is 0 Å². The lowest BCUT2D eigenvalue weighted by Gasteiger charge is -2.25. The summed E-state index contributed by atoms with van der Waals surface area (Å²) in [5, 5.41) is 0. The van der Waals surface area contributed by atoms with Gasteiger partial charge in [-0.25, -0.2) is 8.51 Å². The summed E-state index contributed by atoms with van der Waals surface area (Å²) in [4.78, 5) is 0.817. The lowest BCUT2D eigenvalue weighted by molar-refractivity contribution is 0.365. The van der Waals surface area contributed by atoms with E-state index < -0.39 is 11.0 Å². The van der Waals surface area contributed by atoms with Crippen LogP contribution in [-0.4, -0.2) is 21.6 Å². The smallest absolute Gasteiger partial charge is 0.127 e. The first-order chi connectivity index (χ1) is 7.27. The van der Waals surface area contributed by atoms with Crippen molar-refractivity contribution in [2.45, 2.75) is 24.2 Å². The summed E-state index contributed by atoms with van der Waals surface area (Å²) in [6.45, 7) is 1.86. The fourth-order valence-corrected chi connectivity index (χ4v) is 3.12. The number of nitrogens with zero attached hydrogens (tertiary/aromatic N) is 1. The van der Waals surface area contributed by atoms with Crippen LogP contribution in [-0.2, 0) is 11.0 Å². The van der Waals surface area contributed by atoms with Gasteiger partial charge in [0.2, 0.25) is 0 Å². The third-order valence-corrected chi connectivity index (χ3v) is 4.10. The van der Waals surface area contributed by atoms with Gasteiger partial charge in [0.05, 0.1) is 4.90 Å². The lowest BCUT2D eigenvalue weighted by atomic mass is 10.2. The van der Waals surface area contributed by atoms with E-state index in [1.54, 1.807) is 6.07 Å². The van der Waals surface area contributed by atoms with Crippen molar-refractivity contribution in [3.05, 3.63) is 24.3 Å². The zero-order valence-electron chi connectivity index (χ0n) is 8.69. The van der Waals surface area contributed by atoms with Crippen LogP contribution in [0.5, 0.6) is 0 Å². The van der Waals surface area contributed by atoms with E-state index in [2.05, 4.69) is 0 Å². The Hall–Kier alpha value is -0.870. The highest BCUT2D eigenvalue weighted by molar-refractivity contribution is 7.82. The third kappa shape index (κ3) is 2.58. The molecule has 1 heterocycles. The van der Waals surface area contributed by atoms with Crippen molar-refractivity contribution in [1.82, 2.24) is 4.31 Å². The normalized spacial score (nSPS) is 20.0. The van der Waals surface area contributed by atoms with Crippen molar-refractivity contribution in [2.24, 2.45) is 0 Å². The number of rotatable bonds is 2. The number of anilines is 1. The highest BCUT2D eigenvalue weighted by Gasteiger charge is 2.17. The van der Waals surface area contributed by atoms with Gasteiger partial charge in [-0.2, -0.15) is 0 Å². The summed E-state index contributed by atoms with van der Waals surface area (Å²) in [5.74, 6) is 0. The fourth-order valence-electron chi connectivity index (χ4n) is 1.80. The van der Waals surface area contributed by atoms with E-state index in [1.165, 1.54) is 6.42 Å². The number of benzene rings is 1. The molecule has 1 fully saturated rings. The molecule has 0 amide bonds. The monoisotopic (exact) mass is 224 g/mol. The Labute approximate surface area is 92.9 Å². The molecular formula is C11H16N2OS. The van der Waals surface area contributed by atoms with E-state index in [9.17, 15) is 4.21 Å². The largest absolute Gasteiger partial charge is 0.399 e. The van der Waals surface area contributed by atoms with Gasteiger partial charge in [0.1, 0.15) is 11.0 Å². The molecule has 82 valence electrons. The Kier molecular flexibility index (Phi) is 3.38. The molecule has 1 aliphatic heterocycles. The summed E-state index contributed by atoms with van der Waals surface area (Å²) < 4.78 is 14.2.